The van der Waals surface area contributed by atoms with Gasteiger partial charge in [0.15, 0.2) is 5.78 Å². The first-order chi connectivity index (χ1) is 16.1. The molecule has 180 valence electrons. The van der Waals surface area contributed by atoms with Crippen LogP contribution in [0.5, 0.6) is 0 Å². The van der Waals surface area contributed by atoms with E-state index >= 15 is 4.39 Å². The molecule has 2 saturated carbocycles. The highest BCUT2D eigenvalue weighted by Crippen LogP contribution is 2.66. The summed E-state index contributed by atoms with van der Waals surface area (Å²) in [6, 6.07) is 3.86. The highest BCUT2D eigenvalue weighted by atomic mass is 19.1. The minimum atomic E-state index is -1.02. The van der Waals surface area contributed by atoms with Gasteiger partial charge in [0, 0.05) is 31.8 Å². The third kappa shape index (κ3) is 3.31. The van der Waals surface area contributed by atoms with Crippen LogP contribution in [0.3, 0.4) is 0 Å². The van der Waals surface area contributed by atoms with Crippen molar-refractivity contribution in [1.82, 2.24) is 0 Å². The van der Waals surface area contributed by atoms with Crippen molar-refractivity contribution >= 4 is 11.5 Å². The highest BCUT2D eigenvalue weighted by Gasteiger charge is 2.62. The molecule has 0 aliphatic heterocycles. The van der Waals surface area contributed by atoms with Crippen molar-refractivity contribution in [1.29, 1.82) is 0 Å². The molecular formula is C30H36FNO2. The molecule has 0 saturated heterocycles. The molecular weight excluding hydrogens is 425 g/mol. The standard InChI is InChI=1S/C30H36FNO2/c1-6-12-30(34)13-11-25-23-9-7-19-15-21(33)8-10-22(19)27(23)24(17-29(25,30)3)20-14-18(2)28(32(4)5)26(31)16-20/h14-16,23-25,34H,7-11,13,17H2,1-5H3/t23-,24+,25-,29-,30-/m0/s1. The number of aliphatic hydroxyl groups is 1. The summed E-state index contributed by atoms with van der Waals surface area (Å²) in [7, 11) is 3.74. The second-order valence-electron chi connectivity index (χ2n) is 11.3. The van der Waals surface area contributed by atoms with Crippen LogP contribution in [0.25, 0.3) is 0 Å². The Morgan fingerprint density at radius 3 is 2.62 bits per heavy atom. The number of carbonyl (C=O) groups excluding carboxylic acids is 1. The van der Waals surface area contributed by atoms with Crippen LogP contribution >= 0.6 is 0 Å². The number of halogens is 1. The van der Waals surface area contributed by atoms with E-state index < -0.39 is 5.60 Å². The number of fused-ring (bicyclic) bond motifs is 4. The summed E-state index contributed by atoms with van der Waals surface area (Å²) < 4.78 is 15.4. The van der Waals surface area contributed by atoms with Crippen molar-refractivity contribution < 1.29 is 14.3 Å². The van der Waals surface area contributed by atoms with Crippen molar-refractivity contribution in [3.8, 4) is 11.8 Å². The summed E-state index contributed by atoms with van der Waals surface area (Å²) >= 11 is 0. The van der Waals surface area contributed by atoms with Crippen LogP contribution in [-0.4, -0.2) is 30.6 Å². The second-order valence-corrected chi connectivity index (χ2v) is 11.3. The third-order valence-electron chi connectivity index (χ3n) is 9.34. The number of carbonyl (C=O) groups is 1. The van der Waals surface area contributed by atoms with Crippen LogP contribution < -0.4 is 4.90 Å². The molecule has 0 radical (unpaired) electrons. The quantitative estimate of drug-likeness (QED) is 0.562. The zero-order valence-corrected chi connectivity index (χ0v) is 21.1. The van der Waals surface area contributed by atoms with Gasteiger partial charge in [-0.2, -0.15) is 0 Å². The van der Waals surface area contributed by atoms with E-state index in [1.807, 2.05) is 32.0 Å². The van der Waals surface area contributed by atoms with Crippen LogP contribution in [0.4, 0.5) is 10.1 Å². The van der Waals surface area contributed by atoms with Gasteiger partial charge in [-0.25, -0.2) is 4.39 Å². The molecule has 34 heavy (non-hydrogen) atoms. The molecule has 5 rings (SSSR count). The first-order valence-corrected chi connectivity index (χ1v) is 12.7. The number of ketones is 1. The molecule has 0 spiro atoms. The summed E-state index contributed by atoms with van der Waals surface area (Å²) in [6.07, 6.45) is 7.51. The lowest BCUT2D eigenvalue weighted by atomic mass is 9.51. The van der Waals surface area contributed by atoms with Gasteiger partial charge in [0.2, 0.25) is 0 Å². The summed E-state index contributed by atoms with van der Waals surface area (Å²) in [4.78, 5) is 14.0. The van der Waals surface area contributed by atoms with Crippen LogP contribution in [0, 0.1) is 41.8 Å². The second kappa shape index (κ2) is 8.09. The average Bonchev–Trinajstić information content (AvgIpc) is 3.02. The van der Waals surface area contributed by atoms with E-state index in [1.54, 1.807) is 13.0 Å². The molecule has 0 heterocycles. The maximum absolute atomic E-state index is 15.4. The molecule has 1 N–H and O–H groups in total. The summed E-state index contributed by atoms with van der Waals surface area (Å²) in [5, 5.41) is 11.8. The van der Waals surface area contributed by atoms with Crippen molar-refractivity contribution in [2.45, 2.75) is 77.2 Å². The number of nitrogens with zero attached hydrogens (tertiary/aromatic N) is 1. The third-order valence-corrected chi connectivity index (χ3v) is 9.34. The van der Waals surface area contributed by atoms with Crippen LogP contribution in [0.1, 0.15) is 75.8 Å². The predicted octanol–water partition coefficient (Wildman–Crippen LogP) is 5.85. The maximum Gasteiger partial charge on any atom is 0.156 e. The number of allylic oxidation sites excluding steroid dienone is 4. The van der Waals surface area contributed by atoms with Gasteiger partial charge in [0.05, 0.1) is 5.69 Å². The van der Waals surface area contributed by atoms with E-state index in [-0.39, 0.29) is 22.9 Å². The van der Waals surface area contributed by atoms with Gasteiger partial charge in [-0.3, -0.25) is 4.79 Å². The van der Waals surface area contributed by atoms with Gasteiger partial charge in [-0.1, -0.05) is 24.5 Å². The van der Waals surface area contributed by atoms with Gasteiger partial charge in [0.25, 0.3) is 0 Å². The topological polar surface area (TPSA) is 40.5 Å². The highest BCUT2D eigenvalue weighted by molar-refractivity contribution is 5.93. The first-order valence-electron chi connectivity index (χ1n) is 12.7. The number of hydrogen-bond donors (Lipinski definition) is 1. The van der Waals surface area contributed by atoms with Crippen molar-refractivity contribution in [2.75, 3.05) is 19.0 Å². The minimum absolute atomic E-state index is 0.0193. The number of rotatable bonds is 2. The zero-order valence-electron chi connectivity index (χ0n) is 21.1. The Morgan fingerprint density at radius 2 is 1.94 bits per heavy atom. The van der Waals surface area contributed by atoms with E-state index in [1.165, 1.54) is 16.7 Å². The number of benzene rings is 1. The number of anilines is 1. The van der Waals surface area contributed by atoms with Crippen molar-refractivity contribution in [3.05, 3.63) is 51.9 Å². The Labute approximate surface area is 203 Å². The molecule has 5 atom stereocenters. The molecule has 0 bridgehead atoms. The lowest BCUT2D eigenvalue weighted by molar-refractivity contribution is -0.114. The molecule has 4 aliphatic carbocycles. The Hall–Kier alpha value is -2.38. The molecule has 0 amide bonds. The molecule has 0 aromatic heterocycles. The zero-order chi connectivity index (χ0) is 24.4. The van der Waals surface area contributed by atoms with Crippen LogP contribution in [-0.2, 0) is 4.79 Å². The fourth-order valence-corrected chi connectivity index (χ4v) is 7.91. The molecule has 2 fully saturated rings. The SMILES string of the molecule is CC#C[C@]1(O)CC[C@H]2[C@@H]3CCC4=CC(=O)CCC4=C3[C@@H](c3cc(C)c(N(C)C)c(F)c3)C[C@@]21C. The van der Waals surface area contributed by atoms with Crippen LogP contribution in [0.15, 0.2) is 34.9 Å². The maximum atomic E-state index is 15.4. The van der Waals surface area contributed by atoms with Crippen LogP contribution in [0.2, 0.25) is 0 Å². The monoisotopic (exact) mass is 461 g/mol. The molecule has 4 heteroatoms. The predicted molar refractivity (Wildman–Crippen MR) is 134 cm³/mol. The number of hydrogen-bond acceptors (Lipinski definition) is 3. The Bertz CT molecular complexity index is 1160. The van der Waals surface area contributed by atoms with Gasteiger partial charge in [-0.15, -0.1) is 5.92 Å². The largest absolute Gasteiger partial charge is 0.377 e. The number of aryl methyl sites for hydroxylation is 1. The normalized spacial score (nSPS) is 34.5. The van der Waals surface area contributed by atoms with Gasteiger partial charge >= 0.3 is 0 Å². The Morgan fingerprint density at radius 1 is 1.18 bits per heavy atom. The summed E-state index contributed by atoms with van der Waals surface area (Å²) in [6.45, 7) is 6.00. The van der Waals surface area contributed by atoms with Crippen molar-refractivity contribution in [3.63, 3.8) is 0 Å². The Kier molecular flexibility index (Phi) is 5.56. The van der Waals surface area contributed by atoms with Gasteiger partial charge < -0.3 is 10.0 Å². The van der Waals surface area contributed by atoms with E-state index in [0.717, 1.165) is 43.2 Å². The molecule has 1 aromatic rings. The van der Waals surface area contributed by atoms with Crippen molar-refractivity contribution in [2.24, 2.45) is 17.3 Å². The van der Waals surface area contributed by atoms with Gasteiger partial charge in [0.1, 0.15) is 11.4 Å². The minimum Gasteiger partial charge on any atom is -0.377 e. The molecule has 1 aromatic carbocycles. The lowest BCUT2D eigenvalue weighted by Crippen LogP contribution is -2.51. The fourth-order valence-electron chi connectivity index (χ4n) is 7.91. The van der Waals surface area contributed by atoms with Gasteiger partial charge in [-0.05, 0) is 98.6 Å². The molecule has 0 unspecified atom stereocenters. The lowest BCUT2D eigenvalue weighted by Gasteiger charge is -2.53. The van der Waals surface area contributed by atoms with E-state index in [9.17, 15) is 9.90 Å². The summed E-state index contributed by atoms with van der Waals surface area (Å²) in [5.74, 6) is 6.92. The average molecular weight is 462 g/mol. The van der Waals surface area contributed by atoms with E-state index in [4.69, 9.17) is 0 Å². The smallest absolute Gasteiger partial charge is 0.156 e. The summed E-state index contributed by atoms with van der Waals surface area (Å²) in [5.41, 5.74) is 5.12. The fraction of sp³-hybridized carbons (Fsp3) is 0.567. The first kappa shape index (κ1) is 23.4. The molecule has 3 nitrogen and oxygen atoms in total. The van der Waals surface area contributed by atoms with E-state index in [2.05, 4.69) is 24.8 Å². The van der Waals surface area contributed by atoms with E-state index in [0.29, 0.717) is 30.4 Å². The molecule has 4 aliphatic rings. The Balaban J connectivity index is 1.72.